The summed E-state index contributed by atoms with van der Waals surface area (Å²) in [5.74, 6) is -0.578. The summed E-state index contributed by atoms with van der Waals surface area (Å²) in [5, 5.41) is 13.8. The molecule has 0 bridgehead atoms. The predicted molar refractivity (Wildman–Crippen MR) is 97.3 cm³/mol. The first-order valence-electron chi connectivity index (χ1n) is 9.37. The molecule has 2 aliphatic heterocycles. The van der Waals surface area contributed by atoms with E-state index in [9.17, 15) is 18.3 Å². The fourth-order valence-electron chi connectivity index (χ4n) is 4.46. The maximum atomic E-state index is 12.6. The van der Waals surface area contributed by atoms with Crippen molar-refractivity contribution in [2.75, 3.05) is 13.2 Å². The van der Waals surface area contributed by atoms with Gasteiger partial charge in [0.25, 0.3) is 0 Å². The first-order chi connectivity index (χ1) is 13.4. The van der Waals surface area contributed by atoms with E-state index >= 15 is 0 Å². The maximum Gasteiger partial charge on any atom is 0.573 e. The van der Waals surface area contributed by atoms with Gasteiger partial charge in [0.05, 0.1) is 18.2 Å². The fourth-order valence-corrected chi connectivity index (χ4v) is 4.46. The summed E-state index contributed by atoms with van der Waals surface area (Å²) < 4.78 is 48.0. The number of benzene rings is 2. The third-order valence-corrected chi connectivity index (χ3v) is 5.62. The molecule has 4 nitrogen and oxygen atoms in total. The second-order valence-electron chi connectivity index (χ2n) is 7.45. The van der Waals surface area contributed by atoms with Crippen LogP contribution in [0.25, 0.3) is 0 Å². The molecule has 0 amide bonds. The van der Waals surface area contributed by atoms with Gasteiger partial charge in [-0.25, -0.2) is 0 Å². The molecule has 150 valence electrons. The summed E-state index contributed by atoms with van der Waals surface area (Å²) in [7, 11) is 0. The van der Waals surface area contributed by atoms with Crippen LogP contribution in [0.4, 0.5) is 13.2 Å². The van der Waals surface area contributed by atoms with E-state index in [1.54, 1.807) is 0 Å². The zero-order valence-electron chi connectivity index (χ0n) is 15.2. The summed E-state index contributed by atoms with van der Waals surface area (Å²) in [6.07, 6.45) is -2.34. The third kappa shape index (κ3) is 3.82. The number of nitrogens with one attached hydrogen (secondary N) is 1. The van der Waals surface area contributed by atoms with Gasteiger partial charge in [-0.2, -0.15) is 0 Å². The van der Waals surface area contributed by atoms with Crippen LogP contribution in [0.15, 0.2) is 48.5 Å². The molecule has 2 fully saturated rings. The molecule has 4 rings (SSSR count). The molecule has 2 N–H and O–H groups in total. The lowest BCUT2D eigenvalue weighted by Gasteiger charge is -2.41. The lowest BCUT2D eigenvalue weighted by atomic mass is 9.77. The highest BCUT2D eigenvalue weighted by Gasteiger charge is 2.49. The van der Waals surface area contributed by atoms with Gasteiger partial charge < -0.3 is 19.9 Å². The minimum Gasteiger partial charge on any atom is -0.508 e. The van der Waals surface area contributed by atoms with Crippen molar-refractivity contribution in [3.63, 3.8) is 0 Å². The van der Waals surface area contributed by atoms with Crippen molar-refractivity contribution in [1.82, 2.24) is 5.32 Å². The van der Waals surface area contributed by atoms with Crippen molar-refractivity contribution in [2.45, 2.75) is 43.2 Å². The van der Waals surface area contributed by atoms with Crippen LogP contribution in [0.5, 0.6) is 11.5 Å². The highest BCUT2D eigenvalue weighted by atomic mass is 19.4. The Morgan fingerprint density at radius 2 is 1.93 bits per heavy atom. The molecule has 2 aromatic rings. The van der Waals surface area contributed by atoms with Crippen LogP contribution in [0.1, 0.15) is 42.3 Å². The molecule has 0 unspecified atom stereocenters. The number of phenolic OH excluding ortho intramolecular Hbond substituents is 1. The maximum absolute atomic E-state index is 12.6. The van der Waals surface area contributed by atoms with E-state index in [0.29, 0.717) is 18.6 Å². The van der Waals surface area contributed by atoms with Crippen LogP contribution in [0.3, 0.4) is 0 Å². The number of ether oxygens (including phenoxy) is 2. The summed E-state index contributed by atoms with van der Waals surface area (Å²) >= 11 is 0. The monoisotopic (exact) mass is 393 g/mol. The first kappa shape index (κ1) is 19.1. The largest absolute Gasteiger partial charge is 0.573 e. The summed E-state index contributed by atoms with van der Waals surface area (Å²) in [5.41, 5.74) is 1.11. The zero-order chi connectivity index (χ0) is 19.8. The zero-order valence-corrected chi connectivity index (χ0v) is 15.2. The lowest BCUT2D eigenvalue weighted by molar-refractivity contribution is -0.274. The Bertz CT molecular complexity index is 827. The minimum atomic E-state index is -4.77. The highest BCUT2D eigenvalue weighted by molar-refractivity contribution is 5.42. The molecule has 1 spiro atoms. The van der Waals surface area contributed by atoms with E-state index in [2.05, 4.69) is 22.2 Å². The first-order valence-corrected chi connectivity index (χ1v) is 9.37. The number of alkyl halides is 3. The van der Waals surface area contributed by atoms with Gasteiger partial charge in [0, 0.05) is 11.5 Å². The molecule has 7 heteroatoms. The van der Waals surface area contributed by atoms with Crippen LogP contribution < -0.4 is 10.1 Å². The SMILES string of the molecule is Oc1ccc(OC(F)(F)F)cc1[C@@H]1CO[C@]2(CCCN[C@H]2c2ccccc2)C1. The molecule has 2 aromatic carbocycles. The van der Waals surface area contributed by atoms with Crippen molar-refractivity contribution in [3.05, 3.63) is 59.7 Å². The Kier molecular flexibility index (Phi) is 4.97. The molecule has 0 radical (unpaired) electrons. The van der Waals surface area contributed by atoms with Gasteiger partial charge in [0.1, 0.15) is 11.5 Å². The number of rotatable bonds is 3. The van der Waals surface area contributed by atoms with Crippen molar-refractivity contribution in [2.24, 2.45) is 0 Å². The summed E-state index contributed by atoms with van der Waals surface area (Å²) in [6, 6.07) is 13.7. The van der Waals surface area contributed by atoms with E-state index in [1.807, 2.05) is 18.2 Å². The van der Waals surface area contributed by atoms with Crippen molar-refractivity contribution in [3.8, 4) is 11.5 Å². The standard InChI is InChI=1S/C21H22F3NO3/c22-21(23,24)28-16-7-8-18(26)17(11-16)15-12-20(27-13-15)9-4-10-25-19(20)14-5-2-1-3-6-14/h1-3,5-8,11,15,19,25-26H,4,9-10,12-13H2/t15-,19-,20+/m0/s1. The average Bonchev–Trinajstić information content (AvgIpc) is 3.07. The Morgan fingerprint density at radius 3 is 2.68 bits per heavy atom. The quantitative estimate of drug-likeness (QED) is 0.797. The van der Waals surface area contributed by atoms with Crippen molar-refractivity contribution < 1.29 is 27.8 Å². The fraction of sp³-hybridized carbons (Fsp3) is 0.429. The van der Waals surface area contributed by atoms with E-state index in [4.69, 9.17) is 4.74 Å². The van der Waals surface area contributed by atoms with Gasteiger partial charge in [0.2, 0.25) is 0 Å². The van der Waals surface area contributed by atoms with E-state index < -0.39 is 12.0 Å². The van der Waals surface area contributed by atoms with E-state index in [-0.39, 0.29) is 23.5 Å². The summed E-state index contributed by atoms with van der Waals surface area (Å²) in [6.45, 7) is 1.23. The number of aromatic hydroxyl groups is 1. The van der Waals surface area contributed by atoms with Gasteiger partial charge in [-0.15, -0.1) is 13.2 Å². The number of hydrogen-bond donors (Lipinski definition) is 2. The van der Waals surface area contributed by atoms with Crippen molar-refractivity contribution >= 4 is 0 Å². The normalized spacial score (nSPS) is 27.8. The number of halogens is 3. The van der Waals surface area contributed by atoms with Crippen LogP contribution in [0, 0.1) is 0 Å². The number of piperidine rings is 1. The molecule has 28 heavy (non-hydrogen) atoms. The predicted octanol–water partition coefficient (Wildman–Crippen LogP) is 4.66. The van der Waals surface area contributed by atoms with Crippen LogP contribution >= 0.6 is 0 Å². The molecule has 2 aliphatic rings. The topological polar surface area (TPSA) is 50.7 Å². The lowest BCUT2D eigenvalue weighted by Crippen LogP contribution is -2.48. The molecular weight excluding hydrogens is 371 g/mol. The molecule has 2 heterocycles. The molecule has 0 saturated carbocycles. The molecule has 3 atom stereocenters. The average molecular weight is 393 g/mol. The molecular formula is C21H22F3NO3. The second-order valence-corrected chi connectivity index (χ2v) is 7.45. The minimum absolute atomic E-state index is 0.00389. The van der Waals surface area contributed by atoms with Gasteiger partial charge in [-0.05, 0) is 49.6 Å². The van der Waals surface area contributed by atoms with Gasteiger partial charge in [-0.1, -0.05) is 30.3 Å². The summed E-state index contributed by atoms with van der Waals surface area (Å²) in [4.78, 5) is 0. The Balaban J connectivity index is 1.60. The van der Waals surface area contributed by atoms with Crippen LogP contribution in [-0.4, -0.2) is 30.2 Å². The van der Waals surface area contributed by atoms with E-state index in [0.717, 1.165) is 31.0 Å². The van der Waals surface area contributed by atoms with Gasteiger partial charge >= 0.3 is 6.36 Å². The van der Waals surface area contributed by atoms with Crippen molar-refractivity contribution in [1.29, 1.82) is 0 Å². The van der Waals surface area contributed by atoms with Gasteiger partial charge in [-0.3, -0.25) is 0 Å². The molecule has 0 aliphatic carbocycles. The molecule has 0 aromatic heterocycles. The van der Waals surface area contributed by atoms with Crippen LogP contribution in [-0.2, 0) is 4.74 Å². The van der Waals surface area contributed by atoms with E-state index in [1.165, 1.54) is 12.1 Å². The number of hydrogen-bond acceptors (Lipinski definition) is 4. The smallest absolute Gasteiger partial charge is 0.508 e. The third-order valence-electron chi connectivity index (χ3n) is 5.62. The number of phenols is 1. The van der Waals surface area contributed by atoms with Gasteiger partial charge in [0.15, 0.2) is 0 Å². The second kappa shape index (κ2) is 7.29. The Labute approximate surface area is 161 Å². The van der Waals surface area contributed by atoms with Crippen LogP contribution in [0.2, 0.25) is 0 Å². The molecule has 2 saturated heterocycles. The Morgan fingerprint density at radius 1 is 1.14 bits per heavy atom. The highest BCUT2D eigenvalue weighted by Crippen LogP contribution is 2.49. The Hall–Kier alpha value is -2.25.